The quantitative estimate of drug-likeness (QED) is 0.458. The highest BCUT2D eigenvalue weighted by Gasteiger charge is 2.17. The molecule has 2 aromatic rings. The summed E-state index contributed by atoms with van der Waals surface area (Å²) in [6.45, 7) is 7.83. The molecule has 1 aliphatic carbocycles. The Morgan fingerprint density at radius 2 is 1.80 bits per heavy atom. The number of rotatable bonds is 9. The van der Waals surface area contributed by atoms with Crippen LogP contribution in [0.1, 0.15) is 69.6 Å². The minimum Gasteiger partial charge on any atom is -0.490 e. The molecule has 0 saturated carbocycles. The van der Waals surface area contributed by atoms with E-state index >= 15 is 0 Å². The number of nitrogens with zero attached hydrogens (tertiary/aromatic N) is 1. The SMILES string of the molecule is CCC(CCN(C)C(C)C)Oc1ccc2c(c1)CCCC(Cc1ccccc1)CC2. The van der Waals surface area contributed by atoms with Crippen molar-refractivity contribution in [2.45, 2.75) is 84.3 Å². The van der Waals surface area contributed by atoms with Gasteiger partial charge in [-0.05, 0) is 107 Å². The van der Waals surface area contributed by atoms with Gasteiger partial charge in [-0.25, -0.2) is 0 Å². The summed E-state index contributed by atoms with van der Waals surface area (Å²) in [6, 6.07) is 18.5. The third-order valence-electron chi connectivity index (χ3n) is 6.87. The minimum atomic E-state index is 0.299. The molecule has 0 spiro atoms. The first-order chi connectivity index (χ1) is 14.5. The molecule has 30 heavy (non-hydrogen) atoms. The van der Waals surface area contributed by atoms with Gasteiger partial charge in [-0.2, -0.15) is 0 Å². The van der Waals surface area contributed by atoms with Gasteiger partial charge in [0.2, 0.25) is 0 Å². The van der Waals surface area contributed by atoms with Crippen LogP contribution >= 0.6 is 0 Å². The van der Waals surface area contributed by atoms with Crippen molar-refractivity contribution in [3.63, 3.8) is 0 Å². The first-order valence-electron chi connectivity index (χ1n) is 12.1. The zero-order chi connectivity index (χ0) is 21.3. The smallest absolute Gasteiger partial charge is 0.120 e. The van der Waals surface area contributed by atoms with Crippen LogP contribution in [-0.4, -0.2) is 30.6 Å². The Kier molecular flexibility index (Phi) is 8.81. The summed E-state index contributed by atoms with van der Waals surface area (Å²) in [5.74, 6) is 1.87. The molecule has 0 radical (unpaired) electrons. The Bertz CT molecular complexity index is 754. The molecular weight excluding hydrogens is 366 g/mol. The van der Waals surface area contributed by atoms with E-state index in [2.05, 4.69) is 81.2 Å². The molecule has 0 saturated heterocycles. The largest absolute Gasteiger partial charge is 0.490 e. The summed E-state index contributed by atoms with van der Waals surface area (Å²) in [7, 11) is 2.20. The molecule has 0 aliphatic heterocycles. The lowest BCUT2D eigenvalue weighted by atomic mass is 9.84. The van der Waals surface area contributed by atoms with Crippen LogP contribution in [0.4, 0.5) is 0 Å². The summed E-state index contributed by atoms with van der Waals surface area (Å²) in [6.07, 6.45) is 9.96. The molecule has 164 valence electrons. The molecule has 2 aromatic carbocycles. The third kappa shape index (κ3) is 6.87. The summed E-state index contributed by atoms with van der Waals surface area (Å²) < 4.78 is 6.41. The average molecular weight is 408 g/mol. The van der Waals surface area contributed by atoms with Gasteiger partial charge in [-0.15, -0.1) is 0 Å². The van der Waals surface area contributed by atoms with Crippen LogP contribution in [0.25, 0.3) is 0 Å². The van der Waals surface area contributed by atoms with Crippen LogP contribution in [0, 0.1) is 5.92 Å². The maximum atomic E-state index is 6.41. The number of hydrogen-bond acceptors (Lipinski definition) is 2. The van der Waals surface area contributed by atoms with E-state index in [4.69, 9.17) is 4.74 Å². The van der Waals surface area contributed by atoms with Gasteiger partial charge in [0.25, 0.3) is 0 Å². The maximum Gasteiger partial charge on any atom is 0.120 e. The second-order valence-electron chi connectivity index (χ2n) is 9.43. The summed E-state index contributed by atoms with van der Waals surface area (Å²) in [4.78, 5) is 2.40. The molecule has 1 aliphatic rings. The van der Waals surface area contributed by atoms with Crippen molar-refractivity contribution in [3.8, 4) is 5.75 Å². The fourth-order valence-corrected chi connectivity index (χ4v) is 4.53. The second-order valence-corrected chi connectivity index (χ2v) is 9.43. The van der Waals surface area contributed by atoms with Crippen molar-refractivity contribution < 1.29 is 4.74 Å². The van der Waals surface area contributed by atoms with Gasteiger partial charge in [0.05, 0.1) is 6.10 Å². The minimum absolute atomic E-state index is 0.299. The molecule has 0 bridgehead atoms. The fourth-order valence-electron chi connectivity index (χ4n) is 4.53. The van der Waals surface area contributed by atoms with Crippen molar-refractivity contribution in [3.05, 3.63) is 65.2 Å². The van der Waals surface area contributed by atoms with E-state index in [0.29, 0.717) is 12.1 Å². The molecule has 3 rings (SSSR count). The summed E-state index contributed by atoms with van der Waals surface area (Å²) in [5.41, 5.74) is 4.54. The number of hydrogen-bond donors (Lipinski definition) is 0. The van der Waals surface area contributed by atoms with Crippen LogP contribution in [-0.2, 0) is 19.3 Å². The highest BCUT2D eigenvalue weighted by Crippen LogP contribution is 2.29. The Morgan fingerprint density at radius 3 is 2.53 bits per heavy atom. The maximum absolute atomic E-state index is 6.41. The van der Waals surface area contributed by atoms with Crippen molar-refractivity contribution in [2.75, 3.05) is 13.6 Å². The third-order valence-corrected chi connectivity index (χ3v) is 6.87. The predicted octanol–water partition coefficient (Wildman–Crippen LogP) is 6.70. The van der Waals surface area contributed by atoms with Crippen LogP contribution in [0.5, 0.6) is 5.75 Å². The lowest BCUT2D eigenvalue weighted by Gasteiger charge is -2.25. The van der Waals surface area contributed by atoms with E-state index in [1.165, 1.54) is 55.2 Å². The van der Waals surface area contributed by atoms with Gasteiger partial charge < -0.3 is 9.64 Å². The molecule has 0 fully saturated rings. The van der Waals surface area contributed by atoms with Crippen LogP contribution < -0.4 is 4.74 Å². The molecule has 2 unspecified atom stereocenters. The van der Waals surface area contributed by atoms with Gasteiger partial charge in [0, 0.05) is 12.6 Å². The van der Waals surface area contributed by atoms with Crippen molar-refractivity contribution in [1.29, 1.82) is 0 Å². The predicted molar refractivity (Wildman–Crippen MR) is 128 cm³/mol. The van der Waals surface area contributed by atoms with E-state index < -0.39 is 0 Å². The monoisotopic (exact) mass is 407 g/mol. The van der Waals surface area contributed by atoms with Crippen LogP contribution in [0.2, 0.25) is 0 Å². The highest BCUT2D eigenvalue weighted by molar-refractivity contribution is 5.36. The number of ether oxygens (including phenoxy) is 1. The normalized spacial score (nSPS) is 18.0. The molecule has 0 N–H and O–H groups in total. The van der Waals surface area contributed by atoms with E-state index in [1.54, 1.807) is 0 Å². The van der Waals surface area contributed by atoms with E-state index in [0.717, 1.165) is 31.1 Å². The lowest BCUT2D eigenvalue weighted by Crippen LogP contribution is -2.31. The van der Waals surface area contributed by atoms with Gasteiger partial charge in [0.15, 0.2) is 0 Å². The van der Waals surface area contributed by atoms with Crippen LogP contribution in [0.3, 0.4) is 0 Å². The van der Waals surface area contributed by atoms with E-state index in [-0.39, 0.29) is 0 Å². The first-order valence-corrected chi connectivity index (χ1v) is 12.1. The van der Waals surface area contributed by atoms with Gasteiger partial charge in [-0.3, -0.25) is 0 Å². The standard InChI is InChI=1S/C28H41NO/c1-5-27(18-19-29(4)22(2)3)30-28-17-16-25-15-14-24(12-9-13-26(25)21-28)20-23-10-7-6-8-11-23/h6-8,10-11,16-17,21-22,24,27H,5,9,12-15,18-20H2,1-4H3. The highest BCUT2D eigenvalue weighted by atomic mass is 16.5. The Morgan fingerprint density at radius 1 is 1.00 bits per heavy atom. The zero-order valence-corrected chi connectivity index (χ0v) is 19.6. The fraction of sp³-hybridized carbons (Fsp3) is 0.571. The summed E-state index contributed by atoms with van der Waals surface area (Å²) >= 11 is 0. The van der Waals surface area contributed by atoms with Crippen LogP contribution in [0.15, 0.2) is 48.5 Å². The summed E-state index contributed by atoms with van der Waals surface area (Å²) in [5, 5.41) is 0. The molecular formula is C28H41NO. The van der Waals surface area contributed by atoms with Crippen molar-refractivity contribution >= 4 is 0 Å². The molecule has 2 heteroatoms. The Labute approximate surface area is 184 Å². The van der Waals surface area contributed by atoms with E-state index in [9.17, 15) is 0 Å². The topological polar surface area (TPSA) is 12.5 Å². The average Bonchev–Trinajstić information content (AvgIpc) is 2.74. The van der Waals surface area contributed by atoms with Gasteiger partial charge in [0.1, 0.15) is 5.75 Å². The Hall–Kier alpha value is -1.80. The molecule has 0 heterocycles. The number of benzene rings is 2. The van der Waals surface area contributed by atoms with Crippen molar-refractivity contribution in [2.24, 2.45) is 5.92 Å². The number of fused-ring (bicyclic) bond motifs is 1. The van der Waals surface area contributed by atoms with Gasteiger partial charge in [-0.1, -0.05) is 43.3 Å². The zero-order valence-electron chi connectivity index (χ0n) is 19.6. The molecule has 2 atom stereocenters. The number of aryl methyl sites for hydroxylation is 2. The Balaban J connectivity index is 1.57. The molecule has 0 amide bonds. The van der Waals surface area contributed by atoms with Crippen molar-refractivity contribution in [1.82, 2.24) is 4.90 Å². The van der Waals surface area contributed by atoms with Gasteiger partial charge >= 0.3 is 0 Å². The molecule has 0 aromatic heterocycles. The van der Waals surface area contributed by atoms with E-state index in [1.807, 2.05) is 0 Å². The lowest BCUT2D eigenvalue weighted by molar-refractivity contribution is 0.157. The molecule has 2 nitrogen and oxygen atoms in total. The second kappa shape index (κ2) is 11.6. The first kappa shape index (κ1) is 22.9.